The first-order chi connectivity index (χ1) is 11.0. The Labute approximate surface area is 232 Å². The van der Waals surface area contributed by atoms with Crippen molar-refractivity contribution in [3.05, 3.63) is 0 Å². The molecular weight excluding hydrogens is 619 g/mol. The van der Waals surface area contributed by atoms with Crippen LogP contribution in [0.25, 0.3) is 0 Å². The third-order valence-electron chi connectivity index (χ3n) is 1.33. The van der Waals surface area contributed by atoms with Crippen molar-refractivity contribution >= 4 is 146 Å². The van der Waals surface area contributed by atoms with Gasteiger partial charge in [-0.25, -0.2) is 0 Å². The molecule has 0 aliphatic rings. The number of hydrogen-bond donors (Lipinski definition) is 6. The van der Waals surface area contributed by atoms with Gasteiger partial charge in [-0.05, 0) is 0 Å². The van der Waals surface area contributed by atoms with E-state index in [4.69, 9.17) is 5.73 Å². The SMILES string of the molecule is NC(=S)S.S=C([S-])NCCNC(=S)[S-].S=C([S-])NCCNC(=S)[S-].[Mn+2].[Zn+2]. The Kier molecular flexibility index (Phi) is 42.9. The molecule has 145 valence electrons. The van der Waals surface area contributed by atoms with Gasteiger partial charge in [-0.2, -0.15) is 0 Å². The van der Waals surface area contributed by atoms with Crippen LogP contribution >= 0.6 is 73.7 Å². The van der Waals surface area contributed by atoms with E-state index in [0.29, 0.717) is 43.5 Å². The smallest absolute Gasteiger partial charge is 0.412 e. The molecule has 0 aliphatic heterocycles. The number of nitrogens with two attached hydrogens (primary N) is 1. The van der Waals surface area contributed by atoms with Crippen molar-refractivity contribution in [2.75, 3.05) is 26.2 Å². The van der Waals surface area contributed by atoms with Gasteiger partial charge in [0.05, 0.1) is 0 Å². The van der Waals surface area contributed by atoms with E-state index >= 15 is 0 Å². The van der Waals surface area contributed by atoms with Gasteiger partial charge in [0.15, 0.2) is 0 Å². The molecule has 0 spiro atoms. The summed E-state index contributed by atoms with van der Waals surface area (Å²) in [7, 11) is 0. The van der Waals surface area contributed by atoms with E-state index in [2.05, 4.69) is 146 Å². The third-order valence-corrected chi connectivity index (χ3v) is 2.48. The average molecular weight is 634 g/mol. The van der Waals surface area contributed by atoms with Crippen LogP contribution in [-0.2, 0) is 87.1 Å². The molecule has 1 radical (unpaired) electrons. The second-order valence-corrected chi connectivity index (χ2v) is 8.72. The molecule has 0 aliphatic carbocycles. The molecule has 0 saturated heterocycles. The minimum Gasteiger partial charge on any atom is -0.412 e. The summed E-state index contributed by atoms with van der Waals surface area (Å²) in [6.07, 6.45) is 0. The third kappa shape index (κ3) is 63.6. The normalized spacial score (nSPS) is 7.42. The first kappa shape index (κ1) is 38.4. The van der Waals surface area contributed by atoms with Crippen LogP contribution in [0.15, 0.2) is 0 Å². The van der Waals surface area contributed by atoms with Gasteiger partial charge in [0.25, 0.3) is 0 Å². The Balaban J connectivity index is -0.0000000883. The van der Waals surface area contributed by atoms with E-state index in [9.17, 15) is 0 Å². The second-order valence-electron chi connectivity index (χ2n) is 3.20. The molecule has 17 heteroatoms. The molecule has 0 aromatic heterocycles. The topological polar surface area (TPSA) is 74.1 Å². The maximum atomic E-state index is 4.71. The molecule has 0 bridgehead atoms. The van der Waals surface area contributed by atoms with Crippen LogP contribution in [0.2, 0.25) is 0 Å². The summed E-state index contributed by atoms with van der Waals surface area (Å²) in [5.41, 5.74) is 4.71. The van der Waals surface area contributed by atoms with E-state index in [-0.39, 0.29) is 40.9 Å². The first-order valence-corrected chi connectivity index (χ1v) is 9.89. The largest absolute Gasteiger partial charge is 2.00 e. The summed E-state index contributed by atoms with van der Waals surface area (Å²) in [6, 6.07) is 0. The van der Waals surface area contributed by atoms with Gasteiger partial charge in [-0.3, -0.25) is 0 Å². The zero-order valence-electron chi connectivity index (χ0n) is 13.1. The maximum Gasteiger partial charge on any atom is 2.00 e. The zero-order chi connectivity index (χ0) is 19.5. The molecule has 0 heterocycles. The van der Waals surface area contributed by atoms with Crippen LogP contribution in [0.4, 0.5) is 0 Å². The number of rotatable bonds is 6. The van der Waals surface area contributed by atoms with Gasteiger partial charge in [0.1, 0.15) is 4.32 Å². The minimum atomic E-state index is 0. The number of nitrogens with one attached hydrogen (secondary N) is 4. The Morgan fingerprint density at radius 3 is 0.846 bits per heavy atom. The van der Waals surface area contributed by atoms with Gasteiger partial charge in [0, 0.05) is 26.2 Å². The van der Waals surface area contributed by atoms with Crippen LogP contribution in [0, 0.1) is 0 Å². The molecular formula is C9H15MnN5S10Zn. The molecule has 6 N–H and O–H groups in total. The standard InChI is InChI=1S/2C4H8N2S4.CH3NS2.Mn.Zn/c2*7-3(8)5-1-2-6-4(9)10;2-1(3)4;;/h2*1-2H2,(H2,5,7,8)(H2,6,9,10);(H3,2,3,4);;/q;;;2*+2/p-4. The molecule has 0 unspecified atom stereocenters. The van der Waals surface area contributed by atoms with Crippen LogP contribution in [0.3, 0.4) is 0 Å². The molecule has 0 fully saturated rings. The molecule has 0 atom stereocenters. The summed E-state index contributed by atoms with van der Waals surface area (Å²) >= 11 is 44.4. The molecule has 26 heavy (non-hydrogen) atoms. The Morgan fingerprint density at radius 1 is 0.654 bits per heavy atom. The first-order valence-electron chi connectivity index (χ1n) is 5.76. The van der Waals surface area contributed by atoms with Crippen molar-refractivity contribution in [3.8, 4) is 0 Å². The quantitative estimate of drug-likeness (QED) is 0.0770. The zero-order valence-corrected chi connectivity index (χ0v) is 25.5. The number of hydrogen-bond acceptors (Lipinski definition) is 9. The summed E-state index contributed by atoms with van der Waals surface area (Å²) in [5, 5.41) is 11.1. The fraction of sp³-hybridized carbons (Fsp3) is 0.444. The second kappa shape index (κ2) is 29.0. The van der Waals surface area contributed by atoms with Gasteiger partial charge in [-0.15, -0.1) is 12.6 Å². The predicted octanol–water partition coefficient (Wildman–Crippen LogP) is -0.187. The van der Waals surface area contributed by atoms with E-state index in [0.717, 1.165) is 0 Å². The van der Waals surface area contributed by atoms with Crippen molar-refractivity contribution in [1.29, 1.82) is 0 Å². The van der Waals surface area contributed by atoms with Crippen molar-refractivity contribution in [3.63, 3.8) is 0 Å². The van der Waals surface area contributed by atoms with Crippen LogP contribution in [-0.4, -0.2) is 47.8 Å². The van der Waals surface area contributed by atoms with E-state index in [1.807, 2.05) is 0 Å². The molecule has 0 amide bonds. The molecule has 5 nitrogen and oxygen atoms in total. The molecule has 0 saturated carbocycles. The average Bonchev–Trinajstić information content (AvgIpc) is 2.39. The van der Waals surface area contributed by atoms with Crippen LogP contribution < -0.4 is 27.0 Å². The summed E-state index contributed by atoms with van der Waals surface area (Å²) in [6.45, 7) is 2.66. The van der Waals surface area contributed by atoms with Crippen molar-refractivity contribution in [2.45, 2.75) is 0 Å². The summed E-state index contributed by atoms with van der Waals surface area (Å²) in [4.78, 5) is 0. The van der Waals surface area contributed by atoms with Crippen LogP contribution in [0.5, 0.6) is 0 Å². The van der Waals surface area contributed by atoms with Gasteiger partial charge < -0.3 is 126 Å². The predicted molar refractivity (Wildman–Crippen MR) is 138 cm³/mol. The van der Waals surface area contributed by atoms with Crippen molar-refractivity contribution in [2.24, 2.45) is 5.73 Å². The summed E-state index contributed by atoms with van der Waals surface area (Å²) < 4.78 is 1.68. The summed E-state index contributed by atoms with van der Waals surface area (Å²) in [5.74, 6) is 0. The molecule has 0 rings (SSSR count). The maximum absolute atomic E-state index is 4.71. The Hall–Kier alpha value is 1.82. The van der Waals surface area contributed by atoms with E-state index in [1.165, 1.54) is 0 Å². The van der Waals surface area contributed by atoms with Gasteiger partial charge in [-0.1, -0.05) is 29.5 Å². The van der Waals surface area contributed by atoms with Gasteiger partial charge in [0.2, 0.25) is 0 Å². The van der Waals surface area contributed by atoms with E-state index < -0.39 is 0 Å². The van der Waals surface area contributed by atoms with Gasteiger partial charge >= 0.3 is 36.5 Å². The van der Waals surface area contributed by atoms with Crippen molar-refractivity contribution in [1.82, 2.24) is 21.3 Å². The fourth-order valence-corrected chi connectivity index (χ4v) is 1.47. The Morgan fingerprint density at radius 2 is 0.769 bits per heavy atom. The molecule has 0 aromatic carbocycles. The van der Waals surface area contributed by atoms with E-state index in [1.54, 1.807) is 0 Å². The number of thiol groups is 1. The minimum absolute atomic E-state index is 0. The van der Waals surface area contributed by atoms with Crippen LogP contribution in [0.1, 0.15) is 0 Å². The van der Waals surface area contributed by atoms with Crippen molar-refractivity contribution < 1.29 is 36.5 Å². The molecule has 0 aromatic rings. The fourth-order valence-electron chi connectivity index (χ4n) is 0.658. The monoisotopic (exact) mass is 632 g/mol. The Bertz CT molecular complexity index is 360. The number of thiocarbonyl (C=S) groups is 5.